The Morgan fingerprint density at radius 1 is 1.31 bits per heavy atom. The largest absolute Gasteiger partial charge is 0.495 e. The van der Waals surface area contributed by atoms with E-state index in [-0.39, 0.29) is 17.7 Å². The highest BCUT2D eigenvalue weighted by atomic mass is 16.5. The summed E-state index contributed by atoms with van der Waals surface area (Å²) in [5.74, 6) is 0.368. The first-order valence-corrected chi connectivity index (χ1v) is 9.40. The van der Waals surface area contributed by atoms with E-state index in [1.54, 1.807) is 7.11 Å². The van der Waals surface area contributed by atoms with E-state index in [0.717, 1.165) is 24.9 Å². The van der Waals surface area contributed by atoms with Crippen LogP contribution >= 0.6 is 0 Å². The van der Waals surface area contributed by atoms with E-state index >= 15 is 0 Å². The first-order chi connectivity index (χ1) is 12.5. The molecular weight excluding hydrogens is 330 g/mol. The van der Waals surface area contributed by atoms with E-state index < -0.39 is 0 Å². The highest BCUT2D eigenvalue weighted by Gasteiger charge is 2.38. The molecule has 6 heteroatoms. The third-order valence-electron chi connectivity index (χ3n) is 5.32. The third-order valence-corrected chi connectivity index (χ3v) is 5.32. The lowest BCUT2D eigenvalue weighted by Gasteiger charge is -2.24. The van der Waals surface area contributed by atoms with Gasteiger partial charge in [-0.3, -0.25) is 9.59 Å². The van der Waals surface area contributed by atoms with Crippen molar-refractivity contribution in [3.05, 3.63) is 23.8 Å². The number of benzene rings is 1. The van der Waals surface area contributed by atoms with Crippen LogP contribution in [0.2, 0.25) is 0 Å². The van der Waals surface area contributed by atoms with Gasteiger partial charge >= 0.3 is 0 Å². The predicted octanol–water partition coefficient (Wildman–Crippen LogP) is 2.49. The zero-order chi connectivity index (χ0) is 18.7. The lowest BCUT2D eigenvalue weighted by Crippen LogP contribution is -2.35. The van der Waals surface area contributed by atoms with Gasteiger partial charge in [0, 0.05) is 25.6 Å². The molecule has 0 bridgehead atoms. The highest BCUT2D eigenvalue weighted by molar-refractivity contribution is 5.98. The summed E-state index contributed by atoms with van der Waals surface area (Å²) in [6, 6.07) is 6.15. The second kappa shape index (κ2) is 8.08. The molecule has 142 valence electrons. The van der Waals surface area contributed by atoms with E-state index in [4.69, 9.17) is 4.74 Å². The summed E-state index contributed by atoms with van der Waals surface area (Å²) < 4.78 is 5.39. The summed E-state index contributed by atoms with van der Waals surface area (Å²) in [6.07, 6.45) is 4.81. The van der Waals surface area contributed by atoms with Crippen LogP contribution in [0.25, 0.3) is 0 Å². The molecule has 1 heterocycles. The van der Waals surface area contributed by atoms with Crippen molar-refractivity contribution in [2.45, 2.75) is 44.7 Å². The number of nitrogens with one attached hydrogen (secondary N) is 1. The zero-order valence-electron chi connectivity index (χ0n) is 16.0. The standard InChI is InChI=1S/C20H29N3O3/c1-22(2)12-14-8-9-18(26-3)17(10-14)21-20(25)15-11-19(24)23(13-15)16-6-4-5-7-16/h8-10,15-16H,4-7,11-13H2,1-3H3,(H,21,25). The molecule has 1 aromatic carbocycles. The average molecular weight is 359 g/mol. The molecule has 0 spiro atoms. The van der Waals surface area contributed by atoms with Crippen LogP contribution in [0.5, 0.6) is 5.75 Å². The van der Waals surface area contributed by atoms with Gasteiger partial charge in [-0.1, -0.05) is 18.9 Å². The molecule has 1 saturated heterocycles. The Morgan fingerprint density at radius 3 is 2.69 bits per heavy atom. The zero-order valence-corrected chi connectivity index (χ0v) is 16.0. The van der Waals surface area contributed by atoms with Crippen LogP contribution in [0.15, 0.2) is 18.2 Å². The number of carbonyl (C=O) groups excluding carboxylic acids is 2. The normalized spacial score (nSPS) is 20.8. The fourth-order valence-electron chi connectivity index (χ4n) is 4.03. The fraction of sp³-hybridized carbons (Fsp3) is 0.600. The van der Waals surface area contributed by atoms with Crippen LogP contribution in [0.1, 0.15) is 37.7 Å². The Hall–Kier alpha value is -2.08. The Bertz CT molecular complexity index is 668. The molecule has 0 radical (unpaired) electrons. The summed E-state index contributed by atoms with van der Waals surface area (Å²) in [5.41, 5.74) is 1.77. The van der Waals surface area contributed by atoms with Crippen LogP contribution in [-0.2, 0) is 16.1 Å². The van der Waals surface area contributed by atoms with Gasteiger partial charge in [0.25, 0.3) is 0 Å². The van der Waals surface area contributed by atoms with Crippen molar-refractivity contribution < 1.29 is 14.3 Å². The maximum atomic E-state index is 12.8. The van der Waals surface area contributed by atoms with E-state index in [9.17, 15) is 9.59 Å². The molecule has 1 unspecified atom stereocenters. The van der Waals surface area contributed by atoms with Gasteiger partial charge in [0.05, 0.1) is 18.7 Å². The smallest absolute Gasteiger partial charge is 0.229 e. The Balaban J connectivity index is 1.68. The minimum Gasteiger partial charge on any atom is -0.495 e. The molecule has 3 rings (SSSR count). The van der Waals surface area contributed by atoms with E-state index in [1.165, 1.54) is 12.8 Å². The van der Waals surface area contributed by atoms with Crippen molar-refractivity contribution in [1.82, 2.24) is 9.80 Å². The first-order valence-electron chi connectivity index (χ1n) is 9.40. The molecule has 0 aromatic heterocycles. The number of methoxy groups -OCH3 is 1. The number of carbonyl (C=O) groups is 2. The van der Waals surface area contributed by atoms with Crippen molar-refractivity contribution in [2.75, 3.05) is 33.1 Å². The average Bonchev–Trinajstić information content (AvgIpc) is 3.23. The number of likely N-dealkylation sites (tertiary alicyclic amines) is 1. The lowest BCUT2D eigenvalue weighted by molar-refractivity contribution is -0.129. The second-order valence-electron chi connectivity index (χ2n) is 7.65. The first kappa shape index (κ1) is 18.7. The summed E-state index contributed by atoms with van der Waals surface area (Å²) in [4.78, 5) is 29.1. The Kier molecular flexibility index (Phi) is 5.81. The SMILES string of the molecule is COc1ccc(CN(C)C)cc1NC(=O)C1CC(=O)N(C2CCCC2)C1. The number of amides is 2. The Labute approximate surface area is 155 Å². The number of hydrogen-bond acceptors (Lipinski definition) is 4. The molecule has 26 heavy (non-hydrogen) atoms. The summed E-state index contributed by atoms with van der Waals surface area (Å²) in [7, 11) is 5.60. The van der Waals surface area contributed by atoms with Crippen molar-refractivity contribution in [2.24, 2.45) is 5.92 Å². The van der Waals surface area contributed by atoms with Gasteiger partial charge < -0.3 is 19.9 Å². The van der Waals surface area contributed by atoms with E-state index in [0.29, 0.717) is 30.4 Å². The molecule has 2 amide bonds. The van der Waals surface area contributed by atoms with Gasteiger partial charge in [0.2, 0.25) is 11.8 Å². The van der Waals surface area contributed by atoms with Crippen molar-refractivity contribution in [1.29, 1.82) is 0 Å². The fourth-order valence-corrected chi connectivity index (χ4v) is 4.03. The van der Waals surface area contributed by atoms with Crippen molar-refractivity contribution >= 4 is 17.5 Å². The number of rotatable bonds is 6. The number of anilines is 1. The molecule has 1 saturated carbocycles. The maximum Gasteiger partial charge on any atom is 0.229 e. The summed E-state index contributed by atoms with van der Waals surface area (Å²) >= 11 is 0. The molecule has 2 fully saturated rings. The molecule has 1 aliphatic heterocycles. The summed E-state index contributed by atoms with van der Waals surface area (Å²) in [5, 5.41) is 2.99. The second-order valence-corrected chi connectivity index (χ2v) is 7.65. The number of ether oxygens (including phenoxy) is 1. The molecule has 2 aliphatic rings. The molecule has 1 atom stereocenters. The van der Waals surface area contributed by atoms with E-state index in [2.05, 4.69) is 10.2 Å². The van der Waals surface area contributed by atoms with Crippen LogP contribution in [0.4, 0.5) is 5.69 Å². The van der Waals surface area contributed by atoms with Crippen LogP contribution in [0, 0.1) is 5.92 Å². The van der Waals surface area contributed by atoms with Crippen molar-refractivity contribution in [3.63, 3.8) is 0 Å². The molecule has 6 nitrogen and oxygen atoms in total. The van der Waals surface area contributed by atoms with Gasteiger partial charge in [0.15, 0.2) is 0 Å². The topological polar surface area (TPSA) is 61.9 Å². The van der Waals surface area contributed by atoms with Crippen LogP contribution < -0.4 is 10.1 Å². The van der Waals surface area contributed by atoms with Crippen LogP contribution in [-0.4, -0.2) is 55.4 Å². The quantitative estimate of drug-likeness (QED) is 0.848. The molecular formula is C20H29N3O3. The van der Waals surface area contributed by atoms with Gasteiger partial charge in [0.1, 0.15) is 5.75 Å². The van der Waals surface area contributed by atoms with Crippen molar-refractivity contribution in [3.8, 4) is 5.75 Å². The maximum absolute atomic E-state index is 12.8. The molecule has 1 N–H and O–H groups in total. The van der Waals surface area contributed by atoms with Gasteiger partial charge in [-0.15, -0.1) is 0 Å². The third kappa shape index (κ3) is 4.18. The highest BCUT2D eigenvalue weighted by Crippen LogP contribution is 2.31. The molecule has 1 aromatic rings. The van der Waals surface area contributed by atoms with Crippen LogP contribution in [0.3, 0.4) is 0 Å². The minimum atomic E-state index is -0.287. The van der Waals surface area contributed by atoms with Gasteiger partial charge in [-0.25, -0.2) is 0 Å². The minimum absolute atomic E-state index is 0.0980. The monoisotopic (exact) mass is 359 g/mol. The number of hydrogen-bond donors (Lipinski definition) is 1. The number of nitrogens with zero attached hydrogens (tertiary/aromatic N) is 2. The molecule has 1 aliphatic carbocycles. The van der Waals surface area contributed by atoms with E-state index in [1.807, 2.05) is 37.2 Å². The lowest BCUT2D eigenvalue weighted by atomic mass is 10.1. The predicted molar refractivity (Wildman–Crippen MR) is 101 cm³/mol. The van der Waals surface area contributed by atoms with Gasteiger partial charge in [-0.2, -0.15) is 0 Å². The Morgan fingerprint density at radius 2 is 2.04 bits per heavy atom. The summed E-state index contributed by atoms with van der Waals surface area (Å²) in [6.45, 7) is 1.32. The van der Waals surface area contributed by atoms with Gasteiger partial charge in [-0.05, 0) is 44.6 Å².